The van der Waals surface area contributed by atoms with Crippen molar-refractivity contribution in [1.82, 2.24) is 9.80 Å². The Balaban J connectivity index is 0.00000208. The van der Waals surface area contributed by atoms with Gasteiger partial charge in [0.25, 0.3) is 0 Å². The highest BCUT2D eigenvalue weighted by Crippen LogP contribution is 2.32. The van der Waals surface area contributed by atoms with E-state index < -0.39 is 0 Å². The van der Waals surface area contributed by atoms with E-state index in [1.54, 1.807) is 0 Å². The third kappa shape index (κ3) is 4.14. The normalized spacial score (nSPS) is 17.0. The summed E-state index contributed by atoms with van der Waals surface area (Å²) in [6.45, 7) is 8.39. The number of amides is 1. The maximum atomic E-state index is 12.5. The van der Waals surface area contributed by atoms with Crippen molar-refractivity contribution in [3.8, 4) is 11.5 Å². The molecular weight excluding hydrogens is 328 g/mol. The summed E-state index contributed by atoms with van der Waals surface area (Å²) >= 11 is 0. The smallest absolute Gasteiger partial charge is 0.231 e. The molecule has 1 saturated heterocycles. The van der Waals surface area contributed by atoms with Gasteiger partial charge in [0.1, 0.15) is 0 Å². The molecule has 5 nitrogen and oxygen atoms in total. The van der Waals surface area contributed by atoms with Gasteiger partial charge in [0.05, 0.1) is 6.42 Å². The number of piperazine rings is 1. The molecule has 134 valence electrons. The first kappa shape index (κ1) is 18.9. The van der Waals surface area contributed by atoms with Crippen LogP contribution in [0, 0.1) is 0 Å². The Bertz CT molecular complexity index is 555. The predicted molar refractivity (Wildman–Crippen MR) is 96.0 cm³/mol. The fraction of sp³-hybridized carbons (Fsp3) is 0.611. The van der Waals surface area contributed by atoms with Crippen LogP contribution < -0.4 is 9.47 Å². The van der Waals surface area contributed by atoms with Crippen LogP contribution in [-0.2, 0) is 11.2 Å². The fourth-order valence-corrected chi connectivity index (χ4v) is 3.48. The van der Waals surface area contributed by atoms with E-state index in [-0.39, 0.29) is 25.1 Å². The Morgan fingerprint density at radius 1 is 1.08 bits per heavy atom. The third-order valence-electron chi connectivity index (χ3n) is 4.92. The number of ether oxygens (including phenoxy) is 2. The number of carbonyl (C=O) groups is 1. The van der Waals surface area contributed by atoms with Crippen LogP contribution in [-0.4, -0.2) is 54.7 Å². The highest BCUT2D eigenvalue weighted by molar-refractivity contribution is 5.85. The summed E-state index contributed by atoms with van der Waals surface area (Å²) in [5.74, 6) is 1.71. The number of nitrogens with zero attached hydrogens (tertiary/aromatic N) is 2. The van der Waals surface area contributed by atoms with Gasteiger partial charge in [-0.2, -0.15) is 0 Å². The maximum Gasteiger partial charge on any atom is 0.231 e. The lowest BCUT2D eigenvalue weighted by molar-refractivity contribution is -0.132. The molecule has 0 N–H and O–H groups in total. The second kappa shape index (κ2) is 8.58. The minimum atomic E-state index is 0. The lowest BCUT2D eigenvalue weighted by atomic mass is 10.1. The molecule has 0 radical (unpaired) electrons. The molecule has 0 atom stereocenters. The second-order valence-corrected chi connectivity index (χ2v) is 6.25. The zero-order valence-corrected chi connectivity index (χ0v) is 15.3. The molecule has 3 rings (SSSR count). The van der Waals surface area contributed by atoms with Gasteiger partial charge in [0, 0.05) is 32.2 Å². The van der Waals surface area contributed by atoms with Crippen LogP contribution in [0.2, 0.25) is 0 Å². The van der Waals surface area contributed by atoms with Gasteiger partial charge in [-0.05, 0) is 30.5 Å². The highest BCUT2D eigenvalue weighted by atomic mass is 35.5. The summed E-state index contributed by atoms with van der Waals surface area (Å²) in [5, 5.41) is 0. The van der Waals surface area contributed by atoms with E-state index >= 15 is 0 Å². The molecular formula is C18H27ClN2O3. The van der Waals surface area contributed by atoms with Crippen molar-refractivity contribution in [3.63, 3.8) is 0 Å². The number of halogens is 1. The van der Waals surface area contributed by atoms with Gasteiger partial charge in [-0.1, -0.05) is 19.9 Å². The summed E-state index contributed by atoms with van der Waals surface area (Å²) < 4.78 is 10.7. The van der Waals surface area contributed by atoms with Crippen LogP contribution in [0.4, 0.5) is 0 Å². The molecule has 2 aliphatic rings. The van der Waals surface area contributed by atoms with Crippen molar-refractivity contribution < 1.29 is 14.3 Å². The minimum Gasteiger partial charge on any atom is -0.454 e. The Hall–Kier alpha value is -1.46. The Morgan fingerprint density at radius 2 is 1.75 bits per heavy atom. The third-order valence-corrected chi connectivity index (χ3v) is 4.92. The number of hydrogen-bond acceptors (Lipinski definition) is 4. The first-order valence-electron chi connectivity index (χ1n) is 8.61. The molecule has 2 aliphatic heterocycles. The van der Waals surface area contributed by atoms with E-state index in [4.69, 9.17) is 9.47 Å². The summed E-state index contributed by atoms with van der Waals surface area (Å²) in [6.07, 6.45) is 2.80. The zero-order valence-electron chi connectivity index (χ0n) is 14.5. The quantitative estimate of drug-likeness (QED) is 0.815. The van der Waals surface area contributed by atoms with Crippen LogP contribution in [0.3, 0.4) is 0 Å². The number of fused-ring (bicyclic) bond motifs is 1. The highest BCUT2D eigenvalue weighted by Gasteiger charge is 2.24. The van der Waals surface area contributed by atoms with E-state index in [9.17, 15) is 4.79 Å². The molecule has 0 saturated carbocycles. The van der Waals surface area contributed by atoms with Gasteiger partial charge >= 0.3 is 0 Å². The minimum absolute atomic E-state index is 0. The van der Waals surface area contributed by atoms with Gasteiger partial charge < -0.3 is 14.4 Å². The molecule has 2 heterocycles. The van der Waals surface area contributed by atoms with Crippen LogP contribution in [0.15, 0.2) is 18.2 Å². The van der Waals surface area contributed by atoms with E-state index in [1.165, 1.54) is 12.8 Å². The van der Waals surface area contributed by atoms with E-state index in [0.717, 1.165) is 43.2 Å². The molecule has 0 bridgehead atoms. The molecule has 6 heteroatoms. The van der Waals surface area contributed by atoms with E-state index in [0.29, 0.717) is 12.5 Å². The van der Waals surface area contributed by atoms with Crippen LogP contribution in [0.1, 0.15) is 32.3 Å². The summed E-state index contributed by atoms with van der Waals surface area (Å²) in [6, 6.07) is 6.41. The van der Waals surface area contributed by atoms with E-state index in [2.05, 4.69) is 18.7 Å². The standard InChI is InChI=1S/C18H26N2O3.ClH/c1-3-15(4-2)19-7-9-20(10-8-19)18(21)12-14-5-6-16-17(11-14)23-13-22-16;/h5-6,11,15H,3-4,7-10,12-13H2,1-2H3;1H. The summed E-state index contributed by atoms with van der Waals surface area (Å²) in [7, 11) is 0. The summed E-state index contributed by atoms with van der Waals surface area (Å²) in [5.41, 5.74) is 0.988. The zero-order chi connectivity index (χ0) is 16.2. The first-order valence-corrected chi connectivity index (χ1v) is 8.61. The van der Waals surface area contributed by atoms with Gasteiger partial charge in [-0.15, -0.1) is 12.4 Å². The fourth-order valence-electron chi connectivity index (χ4n) is 3.48. The summed E-state index contributed by atoms with van der Waals surface area (Å²) in [4.78, 5) is 17.0. The molecule has 0 unspecified atom stereocenters. The van der Waals surface area contributed by atoms with Crippen molar-refractivity contribution in [1.29, 1.82) is 0 Å². The van der Waals surface area contributed by atoms with Gasteiger partial charge in [0.15, 0.2) is 11.5 Å². The van der Waals surface area contributed by atoms with Crippen molar-refractivity contribution in [3.05, 3.63) is 23.8 Å². The average Bonchev–Trinajstić information content (AvgIpc) is 3.04. The maximum absolute atomic E-state index is 12.5. The molecule has 1 aromatic carbocycles. The molecule has 24 heavy (non-hydrogen) atoms. The number of carbonyl (C=O) groups excluding carboxylic acids is 1. The lowest BCUT2D eigenvalue weighted by Gasteiger charge is -2.39. The number of hydrogen-bond donors (Lipinski definition) is 0. The van der Waals surface area contributed by atoms with Crippen LogP contribution in [0.5, 0.6) is 11.5 Å². The first-order chi connectivity index (χ1) is 11.2. The Labute approximate surface area is 150 Å². The van der Waals surface area contributed by atoms with E-state index in [1.807, 2.05) is 23.1 Å². The molecule has 0 spiro atoms. The van der Waals surface area contributed by atoms with Crippen molar-refractivity contribution in [2.75, 3.05) is 33.0 Å². The molecule has 0 aromatic heterocycles. The largest absolute Gasteiger partial charge is 0.454 e. The van der Waals surface area contributed by atoms with Crippen molar-refractivity contribution in [2.45, 2.75) is 39.2 Å². The van der Waals surface area contributed by atoms with Crippen molar-refractivity contribution >= 4 is 18.3 Å². The van der Waals surface area contributed by atoms with Gasteiger partial charge in [-0.3, -0.25) is 9.69 Å². The SMILES string of the molecule is CCC(CC)N1CCN(C(=O)Cc2ccc3c(c2)OCO3)CC1.Cl. The molecule has 1 amide bonds. The second-order valence-electron chi connectivity index (χ2n) is 6.25. The lowest BCUT2D eigenvalue weighted by Crippen LogP contribution is -2.52. The van der Waals surface area contributed by atoms with Gasteiger partial charge in [0.2, 0.25) is 12.7 Å². The number of rotatable bonds is 5. The van der Waals surface area contributed by atoms with Crippen LogP contribution in [0.25, 0.3) is 0 Å². The molecule has 1 fully saturated rings. The topological polar surface area (TPSA) is 42.0 Å². The monoisotopic (exact) mass is 354 g/mol. The predicted octanol–water partition coefficient (Wildman–Crippen LogP) is 2.71. The van der Waals surface area contributed by atoms with Crippen LogP contribution >= 0.6 is 12.4 Å². The molecule has 0 aliphatic carbocycles. The number of benzene rings is 1. The molecule has 1 aromatic rings. The van der Waals surface area contributed by atoms with Crippen molar-refractivity contribution in [2.24, 2.45) is 0 Å². The van der Waals surface area contributed by atoms with Gasteiger partial charge in [-0.25, -0.2) is 0 Å². The Kier molecular flexibility index (Phi) is 6.75. The Morgan fingerprint density at radius 3 is 2.42 bits per heavy atom. The average molecular weight is 355 g/mol.